The average Bonchev–Trinajstić information content (AvgIpc) is 2.47. The number of nitrogens with one attached hydrogen (secondary N) is 1. The Morgan fingerprint density at radius 1 is 1.04 bits per heavy atom. The highest BCUT2D eigenvalue weighted by atomic mass is 33.1. The zero-order valence-corrected chi connectivity index (χ0v) is 16.4. The van der Waals surface area contributed by atoms with E-state index in [1.807, 2.05) is 0 Å². The van der Waals surface area contributed by atoms with Gasteiger partial charge < -0.3 is 20.6 Å². The fourth-order valence-electron chi connectivity index (χ4n) is 2.15. The standard InChI is InChI=1S/C14H24N2O9S2/c1-27(24,25)26-7-5-11(17)15-6-3-2-4-10(14(22)23)16(8-12(18)19)9-13(20)21/h10H,2-9H2,1H3,(H,15,17)(H,18,19)(H,20,21)(H,22,23). The van der Waals surface area contributed by atoms with Crippen LogP contribution < -0.4 is 5.32 Å². The van der Waals surface area contributed by atoms with Gasteiger partial charge in [0.2, 0.25) is 5.91 Å². The van der Waals surface area contributed by atoms with Gasteiger partial charge in [-0.15, -0.1) is 0 Å². The van der Waals surface area contributed by atoms with Crippen molar-refractivity contribution in [2.45, 2.75) is 31.7 Å². The van der Waals surface area contributed by atoms with Crippen LogP contribution in [0.5, 0.6) is 0 Å². The molecule has 156 valence electrons. The highest BCUT2D eigenvalue weighted by molar-refractivity contribution is 8.71. The molecule has 11 nitrogen and oxygen atoms in total. The van der Waals surface area contributed by atoms with Gasteiger partial charge in [0.05, 0.1) is 13.1 Å². The molecule has 0 aliphatic heterocycles. The van der Waals surface area contributed by atoms with Gasteiger partial charge in [0.1, 0.15) is 6.04 Å². The molecule has 0 aliphatic rings. The molecule has 13 heteroatoms. The third kappa shape index (κ3) is 13.9. The highest BCUT2D eigenvalue weighted by Gasteiger charge is 2.28. The Hall–Kier alpha value is -1.86. The van der Waals surface area contributed by atoms with Crippen LogP contribution in [0.4, 0.5) is 0 Å². The first-order valence-electron chi connectivity index (χ1n) is 7.94. The molecule has 0 radical (unpaired) electrons. The molecule has 0 aliphatic carbocycles. The SMILES string of the molecule is CS(=O)(=O)SCCC(=O)NCCCCC(C(=O)O)N(CC(=O)O)CC(=O)O. The molecule has 1 atom stereocenters. The third-order valence-electron chi connectivity index (χ3n) is 3.26. The number of carboxylic acids is 3. The molecule has 0 bridgehead atoms. The zero-order chi connectivity index (χ0) is 21.0. The Morgan fingerprint density at radius 2 is 1.59 bits per heavy atom. The van der Waals surface area contributed by atoms with Gasteiger partial charge in [0.25, 0.3) is 0 Å². The predicted molar refractivity (Wildman–Crippen MR) is 97.0 cm³/mol. The maximum atomic E-state index is 11.5. The van der Waals surface area contributed by atoms with Crippen LogP contribution in [0.3, 0.4) is 0 Å². The Morgan fingerprint density at radius 3 is 2.04 bits per heavy atom. The second-order valence-corrected chi connectivity index (χ2v) is 10.2. The van der Waals surface area contributed by atoms with E-state index in [4.69, 9.17) is 10.2 Å². The largest absolute Gasteiger partial charge is 0.480 e. The summed E-state index contributed by atoms with van der Waals surface area (Å²) < 4.78 is 21.9. The van der Waals surface area contributed by atoms with Crippen LogP contribution in [0.2, 0.25) is 0 Å². The highest BCUT2D eigenvalue weighted by Crippen LogP contribution is 2.11. The van der Waals surface area contributed by atoms with E-state index in [1.54, 1.807) is 0 Å². The van der Waals surface area contributed by atoms with Crippen molar-refractivity contribution in [3.8, 4) is 0 Å². The van der Waals surface area contributed by atoms with E-state index in [2.05, 4.69) is 5.32 Å². The van der Waals surface area contributed by atoms with E-state index < -0.39 is 45.9 Å². The van der Waals surface area contributed by atoms with Gasteiger partial charge in [-0.05, 0) is 30.1 Å². The van der Waals surface area contributed by atoms with Crippen molar-refractivity contribution in [3.63, 3.8) is 0 Å². The van der Waals surface area contributed by atoms with Gasteiger partial charge in [-0.2, -0.15) is 0 Å². The van der Waals surface area contributed by atoms with Crippen LogP contribution in [-0.2, 0) is 28.0 Å². The Kier molecular flexibility index (Phi) is 11.7. The fraction of sp³-hybridized carbons (Fsp3) is 0.714. The number of carboxylic acid groups (broad SMARTS) is 3. The van der Waals surface area contributed by atoms with E-state index >= 15 is 0 Å². The predicted octanol–water partition coefficient (Wildman–Crippen LogP) is -0.720. The van der Waals surface area contributed by atoms with Crippen molar-refractivity contribution in [3.05, 3.63) is 0 Å². The first kappa shape index (κ1) is 25.1. The van der Waals surface area contributed by atoms with Crippen LogP contribution in [0, 0.1) is 0 Å². The van der Waals surface area contributed by atoms with E-state index in [1.165, 1.54) is 0 Å². The number of unbranched alkanes of at least 4 members (excludes halogenated alkanes) is 1. The smallest absolute Gasteiger partial charge is 0.320 e. The molecule has 0 heterocycles. The summed E-state index contributed by atoms with van der Waals surface area (Å²) in [6, 6.07) is -1.26. The summed E-state index contributed by atoms with van der Waals surface area (Å²) in [7, 11) is -2.53. The van der Waals surface area contributed by atoms with E-state index in [-0.39, 0.29) is 31.0 Å². The van der Waals surface area contributed by atoms with Crippen molar-refractivity contribution in [1.29, 1.82) is 0 Å². The van der Waals surface area contributed by atoms with Crippen LogP contribution in [0.1, 0.15) is 25.7 Å². The lowest BCUT2D eigenvalue weighted by molar-refractivity contribution is -0.149. The van der Waals surface area contributed by atoms with Gasteiger partial charge in [-0.1, -0.05) is 0 Å². The van der Waals surface area contributed by atoms with Crippen molar-refractivity contribution in [2.24, 2.45) is 0 Å². The minimum Gasteiger partial charge on any atom is -0.480 e. The number of nitrogens with zero attached hydrogens (tertiary/aromatic N) is 1. The molecule has 4 N–H and O–H groups in total. The molecule has 1 amide bonds. The summed E-state index contributed by atoms with van der Waals surface area (Å²) in [6.07, 6.45) is 1.83. The average molecular weight is 428 g/mol. The Bertz CT molecular complexity index is 620. The Labute approximate surface area is 160 Å². The van der Waals surface area contributed by atoms with Crippen LogP contribution in [0.15, 0.2) is 0 Å². The van der Waals surface area contributed by atoms with E-state index in [9.17, 15) is 32.7 Å². The number of hydrogen-bond donors (Lipinski definition) is 4. The second kappa shape index (κ2) is 12.5. The Balaban J connectivity index is 4.31. The van der Waals surface area contributed by atoms with Crippen LogP contribution >= 0.6 is 10.8 Å². The summed E-state index contributed by atoms with van der Waals surface area (Å²) in [5.41, 5.74) is 0. The lowest BCUT2D eigenvalue weighted by Gasteiger charge is -2.25. The normalized spacial score (nSPS) is 12.5. The van der Waals surface area contributed by atoms with Crippen molar-refractivity contribution in [1.82, 2.24) is 10.2 Å². The van der Waals surface area contributed by atoms with Gasteiger partial charge in [0, 0.05) is 25.0 Å². The first-order valence-corrected chi connectivity index (χ1v) is 11.3. The monoisotopic (exact) mass is 428 g/mol. The van der Waals surface area contributed by atoms with E-state index in [0.717, 1.165) is 11.2 Å². The summed E-state index contributed by atoms with van der Waals surface area (Å²) in [4.78, 5) is 45.3. The van der Waals surface area contributed by atoms with Crippen molar-refractivity contribution in [2.75, 3.05) is 31.6 Å². The number of rotatable bonds is 15. The van der Waals surface area contributed by atoms with Crippen molar-refractivity contribution >= 4 is 43.5 Å². The maximum Gasteiger partial charge on any atom is 0.320 e. The maximum absolute atomic E-state index is 11.5. The molecule has 27 heavy (non-hydrogen) atoms. The zero-order valence-electron chi connectivity index (χ0n) is 14.8. The lowest BCUT2D eigenvalue weighted by atomic mass is 10.1. The van der Waals surface area contributed by atoms with Crippen LogP contribution in [0.25, 0.3) is 0 Å². The molecular weight excluding hydrogens is 404 g/mol. The first-order chi connectivity index (χ1) is 12.4. The molecule has 0 rings (SSSR count). The lowest BCUT2D eigenvalue weighted by Crippen LogP contribution is -2.46. The quantitative estimate of drug-likeness (QED) is 0.191. The van der Waals surface area contributed by atoms with Gasteiger partial charge in [-0.3, -0.25) is 24.1 Å². The number of carbonyl (C=O) groups excluding carboxylic acids is 1. The fourth-order valence-corrected chi connectivity index (χ4v) is 3.88. The number of carbonyl (C=O) groups is 4. The number of hydrogen-bond acceptors (Lipinski definition) is 8. The van der Waals surface area contributed by atoms with Gasteiger partial charge in [0.15, 0.2) is 8.87 Å². The number of aliphatic carboxylic acids is 3. The molecule has 0 saturated carbocycles. The molecule has 0 spiro atoms. The minimum absolute atomic E-state index is 0.0235. The third-order valence-corrected chi connectivity index (χ3v) is 5.84. The van der Waals surface area contributed by atoms with Crippen LogP contribution in [-0.4, -0.2) is 90.1 Å². The second-order valence-electron chi connectivity index (χ2n) is 5.67. The molecule has 0 aromatic rings. The molecule has 1 unspecified atom stereocenters. The summed E-state index contributed by atoms with van der Waals surface area (Å²) in [5, 5.41) is 29.4. The van der Waals surface area contributed by atoms with Crippen molar-refractivity contribution < 1.29 is 42.9 Å². The molecule has 0 saturated heterocycles. The molecular formula is C14H24N2O9S2. The van der Waals surface area contributed by atoms with Gasteiger partial charge in [-0.25, -0.2) is 8.42 Å². The molecule has 0 fully saturated rings. The molecule has 0 aromatic heterocycles. The topological polar surface area (TPSA) is 178 Å². The van der Waals surface area contributed by atoms with E-state index in [0.29, 0.717) is 23.6 Å². The summed E-state index contributed by atoms with van der Waals surface area (Å²) in [6.45, 7) is -1.18. The summed E-state index contributed by atoms with van der Waals surface area (Å²) in [5.74, 6) is -4.19. The minimum atomic E-state index is -3.20. The summed E-state index contributed by atoms with van der Waals surface area (Å²) >= 11 is 0. The van der Waals surface area contributed by atoms with Gasteiger partial charge >= 0.3 is 17.9 Å². The number of amides is 1. The molecule has 0 aromatic carbocycles.